The molecule has 1 atom stereocenters. The van der Waals surface area contributed by atoms with Crippen molar-refractivity contribution in [1.82, 2.24) is 10.2 Å². The summed E-state index contributed by atoms with van der Waals surface area (Å²) in [6.07, 6.45) is 3.06. The van der Waals surface area contributed by atoms with Crippen LogP contribution in [0.5, 0.6) is 0 Å². The Morgan fingerprint density at radius 2 is 2.00 bits per heavy atom. The number of benzene rings is 1. The van der Waals surface area contributed by atoms with Gasteiger partial charge in [0.15, 0.2) is 0 Å². The molecule has 5 nitrogen and oxygen atoms in total. The molecule has 170 valence electrons. The van der Waals surface area contributed by atoms with E-state index in [9.17, 15) is 14.0 Å². The van der Waals surface area contributed by atoms with E-state index in [0.29, 0.717) is 31.8 Å². The van der Waals surface area contributed by atoms with E-state index >= 15 is 0 Å². The van der Waals surface area contributed by atoms with Crippen molar-refractivity contribution in [1.29, 1.82) is 0 Å². The maximum absolute atomic E-state index is 13.8. The summed E-state index contributed by atoms with van der Waals surface area (Å²) in [5, 5.41) is 2.74. The first kappa shape index (κ1) is 23.3. The summed E-state index contributed by atoms with van der Waals surface area (Å²) in [4.78, 5) is 26.8. The lowest BCUT2D eigenvalue weighted by Gasteiger charge is -2.40. The SMILES string of the molecule is CC(C)C1C2=C(CCN1C(=O)CCCCNC(=O)OC(C)(C)C)c1cc(F)ccc1C2. The lowest BCUT2D eigenvalue weighted by molar-refractivity contribution is -0.134. The van der Waals surface area contributed by atoms with Gasteiger partial charge < -0.3 is 15.0 Å². The zero-order valence-corrected chi connectivity index (χ0v) is 19.4. The zero-order valence-electron chi connectivity index (χ0n) is 19.4. The molecule has 31 heavy (non-hydrogen) atoms. The third-order valence-electron chi connectivity index (χ3n) is 5.90. The van der Waals surface area contributed by atoms with Crippen LogP contribution >= 0.6 is 0 Å². The zero-order chi connectivity index (χ0) is 22.8. The molecule has 2 amide bonds. The van der Waals surface area contributed by atoms with Gasteiger partial charge in [-0.3, -0.25) is 4.79 Å². The molecule has 1 aromatic carbocycles. The molecule has 3 rings (SSSR count). The van der Waals surface area contributed by atoms with Gasteiger partial charge >= 0.3 is 6.09 Å². The summed E-state index contributed by atoms with van der Waals surface area (Å²) in [6.45, 7) is 10.9. The number of hydrogen-bond donors (Lipinski definition) is 1. The average Bonchev–Trinajstić information content (AvgIpc) is 3.02. The standard InChI is InChI=1S/C25H35FN2O3/c1-16(2)23-21-14-17-9-10-18(26)15-20(17)19(21)11-13-28(23)22(29)8-6-7-12-27-24(30)31-25(3,4)5/h9-10,15-16,23H,6-8,11-14H2,1-5H3,(H,27,30). The molecule has 0 radical (unpaired) electrons. The number of rotatable bonds is 6. The van der Waals surface area contributed by atoms with E-state index in [2.05, 4.69) is 19.2 Å². The van der Waals surface area contributed by atoms with Gasteiger partial charge in [-0.1, -0.05) is 19.9 Å². The summed E-state index contributed by atoms with van der Waals surface area (Å²) in [5.74, 6) is 0.249. The van der Waals surface area contributed by atoms with Crippen LogP contribution in [0.4, 0.5) is 9.18 Å². The van der Waals surface area contributed by atoms with Crippen LogP contribution in [-0.4, -0.2) is 41.6 Å². The highest BCUT2D eigenvalue weighted by Gasteiger charge is 2.38. The van der Waals surface area contributed by atoms with Gasteiger partial charge in [-0.25, -0.2) is 9.18 Å². The van der Waals surface area contributed by atoms with E-state index in [4.69, 9.17) is 4.74 Å². The fraction of sp³-hybridized carbons (Fsp3) is 0.600. The Kier molecular flexibility index (Phi) is 7.07. The predicted octanol–water partition coefficient (Wildman–Crippen LogP) is 5.09. The normalized spacial score (nSPS) is 18.2. The minimum absolute atomic E-state index is 0.0617. The van der Waals surface area contributed by atoms with Crippen molar-refractivity contribution < 1.29 is 18.7 Å². The first-order valence-electron chi connectivity index (χ1n) is 11.3. The number of carbonyl (C=O) groups excluding carboxylic acids is 2. The number of unbranched alkanes of at least 4 members (excludes halogenated alkanes) is 1. The van der Waals surface area contributed by atoms with Crippen LogP contribution in [0.25, 0.3) is 5.57 Å². The lowest BCUT2D eigenvalue weighted by atomic mass is 9.86. The van der Waals surface area contributed by atoms with Crippen molar-refractivity contribution >= 4 is 17.6 Å². The third kappa shape index (κ3) is 5.66. The van der Waals surface area contributed by atoms with Crippen LogP contribution < -0.4 is 5.32 Å². The van der Waals surface area contributed by atoms with Crippen LogP contribution in [0.15, 0.2) is 23.8 Å². The number of ether oxygens (including phenoxy) is 1. The maximum Gasteiger partial charge on any atom is 0.407 e. The molecule has 1 aliphatic carbocycles. The van der Waals surface area contributed by atoms with Crippen molar-refractivity contribution in [3.63, 3.8) is 0 Å². The topological polar surface area (TPSA) is 58.6 Å². The predicted molar refractivity (Wildman–Crippen MR) is 120 cm³/mol. The highest BCUT2D eigenvalue weighted by atomic mass is 19.1. The minimum Gasteiger partial charge on any atom is -0.444 e. The number of nitrogens with one attached hydrogen (secondary N) is 1. The van der Waals surface area contributed by atoms with E-state index in [1.54, 1.807) is 6.07 Å². The number of amides is 2. The summed E-state index contributed by atoms with van der Waals surface area (Å²) < 4.78 is 19.0. The van der Waals surface area contributed by atoms with Crippen molar-refractivity contribution in [2.24, 2.45) is 5.92 Å². The maximum atomic E-state index is 13.8. The molecule has 6 heteroatoms. The number of fused-ring (bicyclic) bond motifs is 2. The summed E-state index contributed by atoms with van der Waals surface area (Å²) >= 11 is 0. The van der Waals surface area contributed by atoms with Crippen LogP contribution in [0, 0.1) is 11.7 Å². The molecule has 0 bridgehead atoms. The smallest absolute Gasteiger partial charge is 0.407 e. The molecule has 0 spiro atoms. The van der Waals surface area contributed by atoms with E-state index in [1.807, 2.05) is 31.7 Å². The van der Waals surface area contributed by atoms with Gasteiger partial charge in [-0.2, -0.15) is 0 Å². The number of alkyl carbamates (subject to hydrolysis) is 1. The third-order valence-corrected chi connectivity index (χ3v) is 5.90. The summed E-state index contributed by atoms with van der Waals surface area (Å²) in [6, 6.07) is 5.11. The molecule has 0 saturated heterocycles. The fourth-order valence-corrected chi connectivity index (χ4v) is 4.70. The quantitative estimate of drug-likeness (QED) is 0.640. The van der Waals surface area contributed by atoms with Gasteiger partial charge in [0.25, 0.3) is 0 Å². The molecule has 0 saturated carbocycles. The second-order valence-electron chi connectivity index (χ2n) is 9.89. The van der Waals surface area contributed by atoms with Gasteiger partial charge in [0.2, 0.25) is 5.91 Å². The van der Waals surface area contributed by atoms with Gasteiger partial charge in [0.05, 0.1) is 6.04 Å². The van der Waals surface area contributed by atoms with Crippen LogP contribution in [0.1, 0.15) is 71.4 Å². The minimum atomic E-state index is -0.515. The number of carbonyl (C=O) groups is 2. The molecular weight excluding hydrogens is 395 g/mol. The van der Waals surface area contributed by atoms with Crippen LogP contribution in [-0.2, 0) is 16.0 Å². The Balaban J connectivity index is 1.55. The molecule has 1 heterocycles. The molecule has 1 aromatic rings. The number of halogens is 1. The van der Waals surface area contributed by atoms with E-state index < -0.39 is 11.7 Å². The van der Waals surface area contributed by atoms with Gasteiger partial charge in [-0.05, 0) is 86.8 Å². The molecule has 2 aliphatic rings. The second-order valence-corrected chi connectivity index (χ2v) is 9.89. The van der Waals surface area contributed by atoms with E-state index in [0.717, 1.165) is 24.8 Å². The fourth-order valence-electron chi connectivity index (χ4n) is 4.70. The Hall–Kier alpha value is -2.37. The Labute approximate surface area is 185 Å². The molecule has 1 unspecified atom stereocenters. The molecule has 0 aromatic heterocycles. The van der Waals surface area contributed by atoms with Crippen molar-refractivity contribution in [3.8, 4) is 0 Å². The van der Waals surface area contributed by atoms with Crippen molar-refractivity contribution in [3.05, 3.63) is 40.7 Å². The highest BCUT2D eigenvalue weighted by molar-refractivity contribution is 5.83. The van der Waals surface area contributed by atoms with Crippen molar-refractivity contribution in [2.45, 2.75) is 78.4 Å². The number of nitrogens with zero attached hydrogens (tertiary/aromatic N) is 1. The van der Waals surface area contributed by atoms with Crippen LogP contribution in [0.2, 0.25) is 0 Å². The Bertz CT molecular complexity index is 870. The largest absolute Gasteiger partial charge is 0.444 e. The van der Waals surface area contributed by atoms with Gasteiger partial charge in [0, 0.05) is 19.5 Å². The first-order chi connectivity index (χ1) is 14.6. The van der Waals surface area contributed by atoms with E-state index in [1.165, 1.54) is 22.8 Å². The molecule has 0 fully saturated rings. The molecular formula is C25H35FN2O3. The lowest BCUT2D eigenvalue weighted by Crippen LogP contribution is -2.47. The highest BCUT2D eigenvalue weighted by Crippen LogP contribution is 2.43. The summed E-state index contributed by atoms with van der Waals surface area (Å²) in [5.41, 5.74) is 4.19. The van der Waals surface area contributed by atoms with Gasteiger partial charge in [-0.15, -0.1) is 0 Å². The van der Waals surface area contributed by atoms with Crippen molar-refractivity contribution in [2.75, 3.05) is 13.1 Å². The first-order valence-corrected chi connectivity index (χ1v) is 11.3. The Morgan fingerprint density at radius 3 is 2.68 bits per heavy atom. The molecule has 1 N–H and O–H groups in total. The van der Waals surface area contributed by atoms with Crippen LogP contribution in [0.3, 0.4) is 0 Å². The summed E-state index contributed by atoms with van der Waals surface area (Å²) in [7, 11) is 0. The average molecular weight is 431 g/mol. The Morgan fingerprint density at radius 1 is 1.26 bits per heavy atom. The van der Waals surface area contributed by atoms with E-state index in [-0.39, 0.29) is 17.8 Å². The van der Waals surface area contributed by atoms with Gasteiger partial charge in [0.1, 0.15) is 11.4 Å². The number of hydrogen-bond acceptors (Lipinski definition) is 3. The molecule has 1 aliphatic heterocycles. The monoisotopic (exact) mass is 430 g/mol. The second kappa shape index (κ2) is 9.41.